The summed E-state index contributed by atoms with van der Waals surface area (Å²) in [6.45, 7) is 6.11. The van der Waals surface area contributed by atoms with Gasteiger partial charge in [-0.05, 0) is 37.1 Å². The Kier molecular flexibility index (Phi) is 5.18. The van der Waals surface area contributed by atoms with Crippen LogP contribution >= 0.6 is 11.8 Å². The monoisotopic (exact) mass is 358 g/mol. The van der Waals surface area contributed by atoms with Gasteiger partial charge in [0.25, 0.3) is 5.91 Å². The van der Waals surface area contributed by atoms with Gasteiger partial charge in [0.15, 0.2) is 5.76 Å². The zero-order valence-electron chi connectivity index (χ0n) is 14.6. The maximum atomic E-state index is 12.9. The van der Waals surface area contributed by atoms with E-state index in [-0.39, 0.29) is 28.9 Å². The first kappa shape index (κ1) is 17.6. The average Bonchev–Trinajstić information content (AvgIpc) is 3.26. The number of thioether (sulfide) groups is 1. The Balaban J connectivity index is 1.81. The summed E-state index contributed by atoms with van der Waals surface area (Å²) in [5.74, 6) is 0.673. The molecule has 1 saturated heterocycles. The number of rotatable bonds is 4. The number of hydrogen-bond acceptors (Lipinski definition) is 4. The number of aryl methyl sites for hydroxylation is 1. The van der Waals surface area contributed by atoms with E-state index in [4.69, 9.17) is 4.42 Å². The average molecular weight is 358 g/mol. The molecule has 2 amide bonds. The van der Waals surface area contributed by atoms with E-state index in [1.165, 1.54) is 6.26 Å². The Hall–Kier alpha value is -2.21. The number of carbonyl (C=O) groups excluding carboxylic acids is 2. The fourth-order valence-corrected chi connectivity index (χ4v) is 4.37. The van der Waals surface area contributed by atoms with Crippen molar-refractivity contribution in [3.63, 3.8) is 0 Å². The molecule has 1 aromatic carbocycles. The molecule has 1 aliphatic heterocycles. The highest BCUT2D eigenvalue weighted by Gasteiger charge is 2.43. The van der Waals surface area contributed by atoms with Crippen molar-refractivity contribution in [1.29, 1.82) is 0 Å². The van der Waals surface area contributed by atoms with Crippen LogP contribution < -0.4 is 5.32 Å². The molecular weight excluding hydrogens is 336 g/mol. The number of furan rings is 1. The van der Waals surface area contributed by atoms with Gasteiger partial charge in [-0.2, -0.15) is 0 Å². The molecule has 0 spiro atoms. The second-order valence-electron chi connectivity index (χ2n) is 6.53. The van der Waals surface area contributed by atoms with Gasteiger partial charge in [0.05, 0.1) is 11.6 Å². The van der Waals surface area contributed by atoms with E-state index in [9.17, 15) is 9.59 Å². The van der Waals surface area contributed by atoms with E-state index in [0.717, 1.165) is 11.3 Å². The third-order valence-electron chi connectivity index (χ3n) is 4.19. The molecule has 1 aliphatic rings. The van der Waals surface area contributed by atoms with E-state index < -0.39 is 6.04 Å². The van der Waals surface area contributed by atoms with Gasteiger partial charge in [0.1, 0.15) is 6.04 Å². The predicted molar refractivity (Wildman–Crippen MR) is 99.6 cm³/mol. The van der Waals surface area contributed by atoms with Crippen molar-refractivity contribution in [2.75, 3.05) is 11.1 Å². The minimum atomic E-state index is -0.517. The van der Waals surface area contributed by atoms with Gasteiger partial charge in [-0.25, -0.2) is 0 Å². The molecule has 1 aromatic heterocycles. The summed E-state index contributed by atoms with van der Waals surface area (Å²) in [6, 6.07) is 10.4. The first-order valence-electron chi connectivity index (χ1n) is 8.32. The molecule has 0 bridgehead atoms. The van der Waals surface area contributed by atoms with Gasteiger partial charge < -0.3 is 14.6 Å². The van der Waals surface area contributed by atoms with Crippen LogP contribution in [0.2, 0.25) is 0 Å². The Morgan fingerprint density at radius 1 is 1.24 bits per heavy atom. The quantitative estimate of drug-likeness (QED) is 0.904. The lowest BCUT2D eigenvalue weighted by Crippen LogP contribution is -2.48. The summed E-state index contributed by atoms with van der Waals surface area (Å²) in [7, 11) is 0. The Morgan fingerprint density at radius 2 is 1.96 bits per heavy atom. The highest BCUT2D eigenvalue weighted by Crippen LogP contribution is 2.35. The summed E-state index contributed by atoms with van der Waals surface area (Å²) in [4.78, 5) is 27.3. The van der Waals surface area contributed by atoms with E-state index >= 15 is 0 Å². The minimum absolute atomic E-state index is 0.0497. The summed E-state index contributed by atoms with van der Waals surface area (Å²) in [6.07, 6.45) is 1.47. The minimum Gasteiger partial charge on any atom is -0.459 e. The highest BCUT2D eigenvalue weighted by atomic mass is 32.2. The van der Waals surface area contributed by atoms with Crippen LogP contribution in [0.4, 0.5) is 5.69 Å². The number of nitrogens with one attached hydrogen (secondary N) is 1. The van der Waals surface area contributed by atoms with Gasteiger partial charge in [-0.3, -0.25) is 9.59 Å². The smallest absolute Gasteiger partial charge is 0.291 e. The molecule has 25 heavy (non-hydrogen) atoms. The maximum Gasteiger partial charge on any atom is 0.291 e. The third kappa shape index (κ3) is 3.74. The molecule has 6 heteroatoms. The Bertz CT molecular complexity index is 741. The second kappa shape index (κ2) is 7.35. The van der Waals surface area contributed by atoms with Crippen molar-refractivity contribution in [2.45, 2.75) is 32.2 Å². The molecule has 0 aliphatic carbocycles. The van der Waals surface area contributed by atoms with Crippen LogP contribution in [0.3, 0.4) is 0 Å². The van der Waals surface area contributed by atoms with Gasteiger partial charge in [0.2, 0.25) is 5.91 Å². The lowest BCUT2D eigenvalue weighted by Gasteiger charge is -2.30. The van der Waals surface area contributed by atoms with Gasteiger partial charge in [-0.15, -0.1) is 11.8 Å². The van der Waals surface area contributed by atoms with Crippen molar-refractivity contribution in [1.82, 2.24) is 4.90 Å². The van der Waals surface area contributed by atoms with Crippen LogP contribution in [0, 0.1) is 12.8 Å². The first-order chi connectivity index (χ1) is 12.0. The molecule has 2 aromatic rings. The Morgan fingerprint density at radius 3 is 2.56 bits per heavy atom. The van der Waals surface area contributed by atoms with Crippen molar-refractivity contribution >= 4 is 29.3 Å². The fraction of sp³-hybridized carbons (Fsp3) is 0.368. The molecule has 2 heterocycles. The topological polar surface area (TPSA) is 62.6 Å². The summed E-state index contributed by atoms with van der Waals surface area (Å²) in [5, 5.41) is 2.87. The molecule has 0 saturated carbocycles. The van der Waals surface area contributed by atoms with Crippen LogP contribution in [0.25, 0.3) is 0 Å². The third-order valence-corrected chi connectivity index (χ3v) is 5.81. The fourth-order valence-electron chi connectivity index (χ4n) is 2.89. The highest BCUT2D eigenvalue weighted by molar-refractivity contribution is 8.00. The number of amides is 2. The lowest BCUT2D eigenvalue weighted by molar-refractivity contribution is -0.119. The summed E-state index contributed by atoms with van der Waals surface area (Å²) in [5.41, 5.74) is 1.86. The first-order valence-corrected chi connectivity index (χ1v) is 9.37. The number of benzene rings is 1. The lowest BCUT2D eigenvalue weighted by atomic mass is 10.1. The molecule has 1 N–H and O–H groups in total. The molecular formula is C19H22N2O3S. The zero-order valence-corrected chi connectivity index (χ0v) is 15.4. The normalized spacial score (nSPS) is 20.1. The number of nitrogens with zero attached hydrogens (tertiary/aromatic N) is 1. The van der Waals surface area contributed by atoms with E-state index in [2.05, 4.69) is 19.2 Å². The number of hydrogen-bond donors (Lipinski definition) is 1. The van der Waals surface area contributed by atoms with Crippen molar-refractivity contribution in [3.8, 4) is 0 Å². The van der Waals surface area contributed by atoms with Crippen LogP contribution in [0.5, 0.6) is 0 Å². The van der Waals surface area contributed by atoms with Crippen LogP contribution in [0.15, 0.2) is 47.1 Å². The number of carbonyl (C=O) groups is 2. The summed E-state index contributed by atoms with van der Waals surface area (Å²) < 4.78 is 5.26. The molecule has 2 atom stereocenters. The second-order valence-corrected chi connectivity index (χ2v) is 7.68. The van der Waals surface area contributed by atoms with Crippen LogP contribution in [-0.2, 0) is 4.79 Å². The molecule has 132 valence electrons. The molecule has 3 rings (SSSR count). The standard InChI is InChI=1S/C19H22N2O3S/c1-12(2)19-21(18(23)16-5-4-10-24-16)15(11-25-19)17(22)20-14-8-6-13(3)7-9-14/h4-10,12,15,19H,11H2,1-3H3,(H,20,22). The molecule has 2 unspecified atom stereocenters. The van der Waals surface area contributed by atoms with Crippen molar-refractivity contribution in [3.05, 3.63) is 54.0 Å². The maximum absolute atomic E-state index is 12.9. The SMILES string of the molecule is Cc1ccc(NC(=O)C2CSC(C(C)C)N2C(=O)c2ccco2)cc1. The van der Waals surface area contributed by atoms with Crippen LogP contribution in [-0.4, -0.2) is 33.9 Å². The van der Waals surface area contributed by atoms with Gasteiger partial charge >= 0.3 is 0 Å². The summed E-state index contributed by atoms with van der Waals surface area (Å²) >= 11 is 1.64. The van der Waals surface area contributed by atoms with E-state index in [1.807, 2.05) is 31.2 Å². The van der Waals surface area contributed by atoms with Crippen molar-refractivity contribution < 1.29 is 14.0 Å². The zero-order chi connectivity index (χ0) is 18.0. The van der Waals surface area contributed by atoms with E-state index in [0.29, 0.717) is 5.75 Å². The van der Waals surface area contributed by atoms with Crippen molar-refractivity contribution in [2.24, 2.45) is 5.92 Å². The van der Waals surface area contributed by atoms with Gasteiger partial charge in [0, 0.05) is 11.4 Å². The van der Waals surface area contributed by atoms with E-state index in [1.54, 1.807) is 28.8 Å². The predicted octanol–water partition coefficient (Wildman–Crippen LogP) is 3.77. The molecule has 0 radical (unpaired) electrons. The van der Waals surface area contributed by atoms with Gasteiger partial charge in [-0.1, -0.05) is 31.5 Å². The molecule has 5 nitrogen and oxygen atoms in total. The number of anilines is 1. The van der Waals surface area contributed by atoms with Crippen LogP contribution in [0.1, 0.15) is 30.0 Å². The Labute approximate surface area is 151 Å². The molecule has 1 fully saturated rings. The largest absolute Gasteiger partial charge is 0.459 e.